The van der Waals surface area contributed by atoms with Gasteiger partial charge in [-0.15, -0.1) is 24.8 Å². The average Bonchev–Trinajstić information content (AvgIpc) is 2.60. The smallest absolute Gasteiger partial charge is 0.151 e. The highest BCUT2D eigenvalue weighted by Crippen LogP contribution is 2.13. The number of benzene rings is 2. The van der Waals surface area contributed by atoms with Crippen LogP contribution in [0.15, 0.2) is 54.6 Å². The van der Waals surface area contributed by atoms with Crippen molar-refractivity contribution in [2.45, 2.75) is 13.0 Å². The Morgan fingerprint density at radius 1 is 0.846 bits per heavy atom. The van der Waals surface area contributed by atoms with E-state index in [0.717, 1.165) is 38.3 Å². The molecule has 3 nitrogen and oxygen atoms in total. The average molecular weight is 507 g/mol. The Balaban J connectivity index is 0.00000169. The van der Waals surface area contributed by atoms with Gasteiger partial charge in [-0.1, -0.05) is 48.5 Å². The predicted molar refractivity (Wildman–Crippen MR) is 121 cm³/mol. The lowest BCUT2D eigenvalue weighted by atomic mass is 10.1. The first kappa shape index (κ1) is 23.4. The van der Waals surface area contributed by atoms with Crippen molar-refractivity contribution in [1.29, 1.82) is 0 Å². The lowest BCUT2D eigenvalue weighted by Crippen LogP contribution is -2.47. The molecular weight excluding hydrogens is 482 g/mol. The van der Waals surface area contributed by atoms with Crippen molar-refractivity contribution in [3.8, 4) is 0 Å². The number of hydrogen-bond acceptors (Lipinski definition) is 3. The normalized spacial score (nSPS) is 15.0. The highest BCUT2D eigenvalue weighted by Gasteiger charge is 2.19. The van der Waals surface area contributed by atoms with Gasteiger partial charge in [0.1, 0.15) is 0 Å². The van der Waals surface area contributed by atoms with Gasteiger partial charge < -0.3 is 0 Å². The number of Topliss-reactive ketones (excluding diaryl/α,β-unsaturated/α-hetero) is 1. The number of hydrogen-bond donors (Lipinski definition) is 0. The summed E-state index contributed by atoms with van der Waals surface area (Å²) in [5, 5.41) is 0. The molecule has 0 aromatic heterocycles. The Morgan fingerprint density at radius 2 is 1.42 bits per heavy atom. The van der Waals surface area contributed by atoms with E-state index in [2.05, 4.69) is 74.9 Å². The van der Waals surface area contributed by atoms with Gasteiger partial charge in [0.15, 0.2) is 5.78 Å². The van der Waals surface area contributed by atoms with Gasteiger partial charge in [0.2, 0.25) is 0 Å². The molecule has 0 radical (unpaired) electrons. The zero-order valence-corrected chi connectivity index (χ0v) is 18.4. The molecule has 0 atom stereocenters. The number of ketones is 1. The molecule has 2 aromatic rings. The van der Waals surface area contributed by atoms with Crippen LogP contribution in [-0.4, -0.2) is 48.3 Å². The van der Waals surface area contributed by atoms with Gasteiger partial charge in [0, 0.05) is 42.7 Å². The Morgan fingerprint density at radius 3 is 2.08 bits per heavy atom. The van der Waals surface area contributed by atoms with E-state index in [4.69, 9.17) is 0 Å². The van der Waals surface area contributed by atoms with Crippen molar-refractivity contribution in [2.75, 3.05) is 32.7 Å². The molecule has 1 aliphatic heterocycles. The van der Waals surface area contributed by atoms with E-state index in [1.54, 1.807) is 0 Å². The van der Waals surface area contributed by atoms with Crippen molar-refractivity contribution in [3.63, 3.8) is 0 Å². The van der Waals surface area contributed by atoms with Crippen LogP contribution >= 0.6 is 47.4 Å². The molecule has 1 aliphatic rings. The summed E-state index contributed by atoms with van der Waals surface area (Å²) in [6, 6.07) is 18.7. The molecule has 1 fully saturated rings. The maximum absolute atomic E-state index is 12.3. The number of nitrogens with zero attached hydrogens (tertiary/aromatic N) is 2. The van der Waals surface area contributed by atoms with Crippen molar-refractivity contribution in [1.82, 2.24) is 9.80 Å². The number of carbonyl (C=O) groups excluding carboxylic acids is 1. The highest BCUT2D eigenvalue weighted by atomic mass is 127. The summed E-state index contributed by atoms with van der Waals surface area (Å²) >= 11 is 2.31. The maximum Gasteiger partial charge on any atom is 0.151 e. The van der Waals surface area contributed by atoms with Crippen LogP contribution in [0.3, 0.4) is 0 Å². The Bertz CT molecular complexity index is 677. The van der Waals surface area contributed by atoms with Crippen LogP contribution in [0.25, 0.3) is 0 Å². The van der Waals surface area contributed by atoms with Crippen LogP contribution in [0.2, 0.25) is 0 Å². The molecule has 142 valence electrons. The molecule has 26 heavy (non-hydrogen) atoms. The summed E-state index contributed by atoms with van der Waals surface area (Å²) in [6.07, 6.45) is 0.545. The minimum absolute atomic E-state index is 0. The molecule has 0 amide bonds. The molecule has 1 saturated heterocycles. The molecule has 6 heteroatoms. The van der Waals surface area contributed by atoms with Crippen LogP contribution in [0.5, 0.6) is 0 Å². The standard InChI is InChI=1S/C20H23IN2O.2ClH/c21-20-9-5-4-8-18(20)14-19(24)16-23-12-10-22(11-13-23)15-17-6-2-1-3-7-17;;/h1-9H,10-16H2;2*1H. The van der Waals surface area contributed by atoms with Gasteiger partial charge in [-0.2, -0.15) is 0 Å². The molecule has 0 bridgehead atoms. The van der Waals surface area contributed by atoms with E-state index >= 15 is 0 Å². The summed E-state index contributed by atoms with van der Waals surface area (Å²) in [4.78, 5) is 17.1. The van der Waals surface area contributed by atoms with E-state index in [1.165, 1.54) is 9.13 Å². The molecule has 0 unspecified atom stereocenters. The van der Waals surface area contributed by atoms with E-state index in [-0.39, 0.29) is 24.8 Å². The fraction of sp³-hybridized carbons (Fsp3) is 0.350. The summed E-state index contributed by atoms with van der Waals surface area (Å²) in [6.45, 7) is 5.60. The van der Waals surface area contributed by atoms with Gasteiger partial charge in [-0.05, 0) is 39.8 Å². The Kier molecular flexibility index (Phi) is 10.7. The largest absolute Gasteiger partial charge is 0.298 e. The van der Waals surface area contributed by atoms with Crippen LogP contribution in [0, 0.1) is 3.57 Å². The molecular formula is C20H25Cl2IN2O. The monoisotopic (exact) mass is 506 g/mol. The lowest BCUT2D eigenvalue weighted by molar-refractivity contribution is -0.120. The quantitative estimate of drug-likeness (QED) is 0.552. The number of carbonyl (C=O) groups is 1. The predicted octanol–water partition coefficient (Wildman–Crippen LogP) is 4.06. The van der Waals surface area contributed by atoms with Gasteiger partial charge in [-0.3, -0.25) is 14.6 Å². The van der Waals surface area contributed by atoms with Crippen LogP contribution < -0.4 is 0 Å². The van der Waals surface area contributed by atoms with Gasteiger partial charge >= 0.3 is 0 Å². The minimum atomic E-state index is 0. The lowest BCUT2D eigenvalue weighted by Gasteiger charge is -2.34. The summed E-state index contributed by atoms with van der Waals surface area (Å²) in [7, 11) is 0. The minimum Gasteiger partial charge on any atom is -0.298 e. The molecule has 2 aromatic carbocycles. The summed E-state index contributed by atoms with van der Waals surface area (Å²) in [5.74, 6) is 0.315. The second-order valence-electron chi connectivity index (χ2n) is 6.34. The van der Waals surface area contributed by atoms with Crippen LogP contribution in [-0.2, 0) is 17.8 Å². The third-order valence-electron chi connectivity index (χ3n) is 4.46. The first-order valence-corrected chi connectivity index (χ1v) is 9.52. The zero-order chi connectivity index (χ0) is 16.8. The summed E-state index contributed by atoms with van der Waals surface area (Å²) < 4.78 is 1.18. The zero-order valence-electron chi connectivity index (χ0n) is 14.6. The third-order valence-corrected chi connectivity index (χ3v) is 5.51. The fourth-order valence-electron chi connectivity index (χ4n) is 3.11. The number of halogens is 3. The van der Waals surface area contributed by atoms with Crippen molar-refractivity contribution in [2.24, 2.45) is 0 Å². The molecule has 3 rings (SSSR count). The topological polar surface area (TPSA) is 23.6 Å². The van der Waals surface area contributed by atoms with Crippen molar-refractivity contribution >= 4 is 53.2 Å². The van der Waals surface area contributed by atoms with Gasteiger partial charge in [0.25, 0.3) is 0 Å². The molecule has 0 saturated carbocycles. The van der Waals surface area contributed by atoms with Gasteiger partial charge in [-0.25, -0.2) is 0 Å². The van der Waals surface area contributed by atoms with Crippen LogP contribution in [0.1, 0.15) is 11.1 Å². The third kappa shape index (κ3) is 7.16. The second kappa shape index (κ2) is 11.9. The van der Waals surface area contributed by atoms with Gasteiger partial charge in [0.05, 0.1) is 6.54 Å². The first-order chi connectivity index (χ1) is 11.7. The maximum atomic E-state index is 12.3. The SMILES string of the molecule is Cl.Cl.O=C(Cc1ccccc1I)CN1CCN(Cc2ccccc2)CC1. The number of piperazine rings is 1. The number of rotatable bonds is 6. The molecule has 1 heterocycles. The van der Waals surface area contributed by atoms with E-state index < -0.39 is 0 Å². The fourth-order valence-corrected chi connectivity index (χ4v) is 3.68. The molecule has 0 spiro atoms. The molecule has 0 aliphatic carbocycles. The Labute approximate surface area is 182 Å². The molecule has 0 N–H and O–H groups in total. The van der Waals surface area contributed by atoms with E-state index in [9.17, 15) is 4.79 Å². The van der Waals surface area contributed by atoms with Crippen molar-refractivity contribution in [3.05, 3.63) is 69.3 Å². The van der Waals surface area contributed by atoms with Crippen LogP contribution in [0.4, 0.5) is 0 Å². The Hall–Kier alpha value is -0.660. The van der Waals surface area contributed by atoms with E-state index in [0.29, 0.717) is 18.7 Å². The first-order valence-electron chi connectivity index (χ1n) is 8.44. The summed E-state index contributed by atoms with van der Waals surface area (Å²) in [5.41, 5.74) is 2.51. The van der Waals surface area contributed by atoms with E-state index in [1.807, 2.05) is 12.1 Å². The van der Waals surface area contributed by atoms with Crippen molar-refractivity contribution < 1.29 is 4.79 Å². The highest BCUT2D eigenvalue weighted by molar-refractivity contribution is 14.1. The second-order valence-corrected chi connectivity index (χ2v) is 7.51.